The van der Waals surface area contributed by atoms with Gasteiger partial charge in [0.25, 0.3) is 0 Å². The van der Waals surface area contributed by atoms with Crippen molar-refractivity contribution in [1.29, 1.82) is 0 Å². The van der Waals surface area contributed by atoms with Crippen LogP contribution < -0.4 is 16.6 Å². The maximum absolute atomic E-state index is 5.25. The van der Waals surface area contributed by atoms with Gasteiger partial charge in [-0.05, 0) is 6.42 Å². The van der Waals surface area contributed by atoms with Gasteiger partial charge < -0.3 is 10.1 Å². The van der Waals surface area contributed by atoms with Gasteiger partial charge in [-0.25, -0.2) is 5.84 Å². The van der Waals surface area contributed by atoms with E-state index in [0.717, 1.165) is 19.4 Å². The van der Waals surface area contributed by atoms with E-state index in [1.54, 1.807) is 7.11 Å². The molecule has 0 aromatic rings. The fourth-order valence-corrected chi connectivity index (χ4v) is 0.773. The minimum Gasteiger partial charge on any atom is -0.383 e. The zero-order valence-corrected chi connectivity index (χ0v) is 8.47. The number of nitrogens with zero attached hydrogens (tertiary/aromatic N) is 1. The maximum atomic E-state index is 5.25. The first-order valence-corrected chi connectivity index (χ1v) is 4.59. The van der Waals surface area contributed by atoms with Crippen LogP contribution in [0.1, 0.15) is 19.8 Å². The molecule has 0 unspecified atom stereocenters. The van der Waals surface area contributed by atoms with Crippen molar-refractivity contribution in [1.82, 2.24) is 10.7 Å². The molecule has 5 heteroatoms. The molecule has 0 amide bonds. The smallest absolute Gasteiger partial charge is 0.205 e. The van der Waals surface area contributed by atoms with E-state index in [1.807, 2.05) is 0 Å². The number of hydrogen-bond donors (Lipinski definition) is 3. The topological polar surface area (TPSA) is 71.7 Å². The van der Waals surface area contributed by atoms with Crippen LogP contribution in [0, 0.1) is 0 Å². The van der Waals surface area contributed by atoms with E-state index in [0.29, 0.717) is 19.1 Å². The van der Waals surface area contributed by atoms with Gasteiger partial charge in [-0.3, -0.25) is 10.4 Å². The average molecular weight is 188 g/mol. The summed E-state index contributed by atoms with van der Waals surface area (Å²) in [5.74, 6) is 5.88. The molecule has 4 N–H and O–H groups in total. The standard InChI is InChI=1S/C8H20N4O/c1-3-4-5-10-8(12-9)11-6-7-13-2/h3-7,9H2,1-2H3,(H2,10,11,12). The molecular weight excluding hydrogens is 168 g/mol. The highest BCUT2D eigenvalue weighted by Gasteiger charge is 1.92. The predicted octanol–water partition coefficient (Wildman–Crippen LogP) is -0.158. The molecule has 5 nitrogen and oxygen atoms in total. The predicted molar refractivity (Wildman–Crippen MR) is 54.4 cm³/mol. The van der Waals surface area contributed by atoms with E-state index in [9.17, 15) is 0 Å². The van der Waals surface area contributed by atoms with Crippen LogP contribution in [0.15, 0.2) is 4.99 Å². The van der Waals surface area contributed by atoms with Crippen LogP contribution in [0.4, 0.5) is 0 Å². The van der Waals surface area contributed by atoms with Gasteiger partial charge >= 0.3 is 0 Å². The number of ether oxygens (including phenoxy) is 1. The van der Waals surface area contributed by atoms with Gasteiger partial charge in [-0.2, -0.15) is 0 Å². The summed E-state index contributed by atoms with van der Waals surface area (Å²) in [4.78, 5) is 4.22. The molecule has 0 aromatic carbocycles. The number of methoxy groups -OCH3 is 1. The summed E-state index contributed by atoms with van der Waals surface area (Å²) in [6, 6.07) is 0. The number of nitrogens with two attached hydrogens (primary N) is 1. The van der Waals surface area contributed by atoms with Crippen molar-refractivity contribution in [3.63, 3.8) is 0 Å². The van der Waals surface area contributed by atoms with Gasteiger partial charge in [-0.1, -0.05) is 13.3 Å². The third kappa shape index (κ3) is 7.55. The lowest BCUT2D eigenvalue weighted by Gasteiger charge is -2.07. The van der Waals surface area contributed by atoms with Gasteiger partial charge in [0.2, 0.25) is 5.96 Å². The van der Waals surface area contributed by atoms with Crippen molar-refractivity contribution < 1.29 is 4.74 Å². The Morgan fingerprint density at radius 1 is 1.54 bits per heavy atom. The van der Waals surface area contributed by atoms with E-state index < -0.39 is 0 Å². The summed E-state index contributed by atoms with van der Waals surface area (Å²) in [6.45, 7) is 4.29. The van der Waals surface area contributed by atoms with Crippen molar-refractivity contribution in [3.05, 3.63) is 0 Å². The van der Waals surface area contributed by atoms with Crippen LogP contribution in [-0.2, 0) is 4.74 Å². The van der Waals surface area contributed by atoms with E-state index in [4.69, 9.17) is 10.6 Å². The normalized spacial score (nSPS) is 11.5. The largest absolute Gasteiger partial charge is 0.383 e. The second-order valence-corrected chi connectivity index (χ2v) is 2.65. The highest BCUT2D eigenvalue weighted by Crippen LogP contribution is 1.85. The maximum Gasteiger partial charge on any atom is 0.205 e. The van der Waals surface area contributed by atoms with Crippen LogP contribution in [0.3, 0.4) is 0 Å². The van der Waals surface area contributed by atoms with Crippen LogP contribution in [0.2, 0.25) is 0 Å². The molecule has 0 spiro atoms. The number of nitrogens with one attached hydrogen (secondary N) is 2. The molecule has 78 valence electrons. The molecule has 13 heavy (non-hydrogen) atoms. The van der Waals surface area contributed by atoms with Crippen molar-refractivity contribution in [2.75, 3.05) is 26.8 Å². The Balaban J connectivity index is 3.54. The summed E-state index contributed by atoms with van der Waals surface area (Å²) in [6.07, 6.45) is 2.22. The Kier molecular flexibility index (Phi) is 8.70. The Morgan fingerprint density at radius 3 is 2.85 bits per heavy atom. The van der Waals surface area contributed by atoms with E-state index in [-0.39, 0.29) is 0 Å². The van der Waals surface area contributed by atoms with Crippen molar-refractivity contribution in [2.24, 2.45) is 10.8 Å². The molecule has 0 atom stereocenters. The molecule has 0 aliphatic rings. The number of rotatable bonds is 6. The van der Waals surface area contributed by atoms with Gasteiger partial charge in [0.1, 0.15) is 0 Å². The summed E-state index contributed by atoms with van der Waals surface area (Å²) in [5, 5.41) is 3.02. The summed E-state index contributed by atoms with van der Waals surface area (Å²) < 4.78 is 4.88. The van der Waals surface area contributed by atoms with E-state index in [2.05, 4.69) is 22.7 Å². The first-order chi connectivity index (χ1) is 6.35. The van der Waals surface area contributed by atoms with E-state index in [1.165, 1.54) is 0 Å². The van der Waals surface area contributed by atoms with Gasteiger partial charge in [0, 0.05) is 20.2 Å². The number of aliphatic imine (C=N–C) groups is 1. The van der Waals surface area contributed by atoms with Gasteiger partial charge in [0.15, 0.2) is 0 Å². The Bertz CT molecular complexity index is 138. The summed E-state index contributed by atoms with van der Waals surface area (Å²) in [5.41, 5.74) is 2.50. The quantitative estimate of drug-likeness (QED) is 0.178. The minimum absolute atomic E-state index is 0.630. The number of hydrogen-bond acceptors (Lipinski definition) is 3. The molecule has 0 bridgehead atoms. The molecular formula is C8H20N4O. The Hall–Kier alpha value is -0.810. The molecule has 0 aliphatic heterocycles. The lowest BCUT2D eigenvalue weighted by atomic mass is 10.3. The van der Waals surface area contributed by atoms with Crippen molar-refractivity contribution in [3.8, 4) is 0 Å². The summed E-state index contributed by atoms with van der Waals surface area (Å²) >= 11 is 0. The Labute approximate surface area is 79.7 Å². The first kappa shape index (κ1) is 12.2. The summed E-state index contributed by atoms with van der Waals surface area (Å²) in [7, 11) is 1.66. The number of guanidine groups is 1. The van der Waals surface area contributed by atoms with Crippen LogP contribution >= 0.6 is 0 Å². The second kappa shape index (κ2) is 9.28. The third-order valence-electron chi connectivity index (χ3n) is 1.52. The second-order valence-electron chi connectivity index (χ2n) is 2.65. The molecule has 0 fully saturated rings. The number of unbranched alkanes of at least 4 members (excludes halogenated alkanes) is 1. The monoisotopic (exact) mass is 188 g/mol. The van der Waals surface area contributed by atoms with Crippen LogP contribution in [0.5, 0.6) is 0 Å². The SMILES string of the molecule is CCCCN=C(NN)NCCOC. The van der Waals surface area contributed by atoms with Gasteiger partial charge in [-0.15, -0.1) is 0 Å². The van der Waals surface area contributed by atoms with E-state index >= 15 is 0 Å². The lowest BCUT2D eigenvalue weighted by Crippen LogP contribution is -2.42. The fraction of sp³-hybridized carbons (Fsp3) is 0.875. The molecule has 0 radical (unpaired) electrons. The van der Waals surface area contributed by atoms with Gasteiger partial charge in [0.05, 0.1) is 6.61 Å². The molecule has 0 aromatic heterocycles. The highest BCUT2D eigenvalue weighted by molar-refractivity contribution is 5.79. The van der Waals surface area contributed by atoms with Crippen LogP contribution in [0.25, 0.3) is 0 Å². The van der Waals surface area contributed by atoms with Crippen molar-refractivity contribution in [2.45, 2.75) is 19.8 Å². The molecule has 0 saturated carbocycles. The molecule has 0 aliphatic carbocycles. The van der Waals surface area contributed by atoms with Crippen molar-refractivity contribution >= 4 is 5.96 Å². The zero-order valence-electron chi connectivity index (χ0n) is 8.47. The molecule has 0 saturated heterocycles. The number of hydrazine groups is 1. The third-order valence-corrected chi connectivity index (χ3v) is 1.52. The first-order valence-electron chi connectivity index (χ1n) is 4.59. The highest BCUT2D eigenvalue weighted by atomic mass is 16.5. The zero-order chi connectivity index (χ0) is 9.94. The Morgan fingerprint density at radius 2 is 2.31 bits per heavy atom. The van der Waals surface area contributed by atoms with Crippen LogP contribution in [-0.4, -0.2) is 32.8 Å². The molecule has 0 heterocycles. The lowest BCUT2D eigenvalue weighted by molar-refractivity contribution is 0.203. The molecule has 0 rings (SSSR count). The fourth-order valence-electron chi connectivity index (χ4n) is 0.773. The average Bonchev–Trinajstić information content (AvgIpc) is 2.16. The minimum atomic E-state index is 0.630.